The summed E-state index contributed by atoms with van der Waals surface area (Å²) in [5, 5.41) is 3.61. The quantitative estimate of drug-likeness (QED) is 0.736. The number of rotatable bonds is 1. The van der Waals surface area contributed by atoms with Crippen molar-refractivity contribution in [1.29, 1.82) is 0 Å². The van der Waals surface area contributed by atoms with E-state index in [1.54, 1.807) is 11.1 Å². The summed E-state index contributed by atoms with van der Waals surface area (Å²) in [5.41, 5.74) is 4.71. The average molecular weight is 201 g/mol. The molecule has 1 aromatic rings. The van der Waals surface area contributed by atoms with Crippen LogP contribution >= 0.6 is 0 Å². The summed E-state index contributed by atoms with van der Waals surface area (Å²) in [4.78, 5) is 0. The fourth-order valence-electron chi connectivity index (χ4n) is 2.97. The Kier molecular flexibility index (Phi) is 2.28. The van der Waals surface area contributed by atoms with Crippen LogP contribution < -0.4 is 5.32 Å². The molecule has 2 atom stereocenters. The SMILES string of the molecule is CC1CNC(c2ccc3c(c2)CCC3)C1. The van der Waals surface area contributed by atoms with E-state index in [-0.39, 0.29) is 0 Å². The van der Waals surface area contributed by atoms with Gasteiger partial charge in [-0.05, 0) is 54.8 Å². The van der Waals surface area contributed by atoms with E-state index in [0.29, 0.717) is 6.04 Å². The number of hydrogen-bond donors (Lipinski definition) is 1. The Balaban J connectivity index is 1.87. The summed E-state index contributed by atoms with van der Waals surface area (Å²) < 4.78 is 0. The Morgan fingerprint density at radius 2 is 2.07 bits per heavy atom. The second-order valence-corrected chi connectivity index (χ2v) is 5.18. The molecule has 1 heterocycles. The molecule has 3 rings (SSSR count). The Morgan fingerprint density at radius 3 is 2.87 bits per heavy atom. The third kappa shape index (κ3) is 1.69. The van der Waals surface area contributed by atoms with E-state index in [1.807, 2.05) is 0 Å². The van der Waals surface area contributed by atoms with Crippen LogP contribution in [-0.2, 0) is 12.8 Å². The molecule has 1 nitrogen and oxygen atoms in total. The minimum absolute atomic E-state index is 0.617. The fourth-order valence-corrected chi connectivity index (χ4v) is 2.97. The van der Waals surface area contributed by atoms with E-state index >= 15 is 0 Å². The van der Waals surface area contributed by atoms with Crippen LogP contribution in [0.25, 0.3) is 0 Å². The lowest BCUT2D eigenvalue weighted by Gasteiger charge is -2.12. The van der Waals surface area contributed by atoms with Gasteiger partial charge in [0.25, 0.3) is 0 Å². The molecule has 0 spiro atoms. The Hall–Kier alpha value is -0.820. The maximum absolute atomic E-state index is 3.61. The van der Waals surface area contributed by atoms with Crippen LogP contribution in [0.3, 0.4) is 0 Å². The van der Waals surface area contributed by atoms with Crippen molar-refractivity contribution in [3.63, 3.8) is 0 Å². The van der Waals surface area contributed by atoms with Gasteiger partial charge in [-0.2, -0.15) is 0 Å². The number of hydrogen-bond acceptors (Lipinski definition) is 1. The first-order chi connectivity index (χ1) is 7.33. The molecule has 0 aromatic heterocycles. The van der Waals surface area contributed by atoms with Gasteiger partial charge in [0, 0.05) is 6.04 Å². The summed E-state index contributed by atoms with van der Waals surface area (Å²) in [6.45, 7) is 3.52. The second kappa shape index (κ2) is 3.64. The van der Waals surface area contributed by atoms with Crippen molar-refractivity contribution in [3.8, 4) is 0 Å². The summed E-state index contributed by atoms with van der Waals surface area (Å²) in [5.74, 6) is 0.836. The molecule has 2 aliphatic rings. The monoisotopic (exact) mass is 201 g/mol. The highest BCUT2D eigenvalue weighted by molar-refractivity contribution is 5.36. The van der Waals surface area contributed by atoms with E-state index in [2.05, 4.69) is 30.4 Å². The Labute approximate surface area is 91.9 Å². The van der Waals surface area contributed by atoms with Crippen LogP contribution in [0.4, 0.5) is 0 Å². The maximum atomic E-state index is 3.61. The van der Waals surface area contributed by atoms with Crippen LogP contribution in [0.1, 0.15) is 42.5 Å². The molecule has 1 aromatic carbocycles. The van der Waals surface area contributed by atoms with Crippen molar-refractivity contribution >= 4 is 0 Å². The molecule has 1 fully saturated rings. The lowest BCUT2D eigenvalue weighted by atomic mass is 9.98. The fraction of sp³-hybridized carbons (Fsp3) is 0.571. The van der Waals surface area contributed by atoms with Crippen molar-refractivity contribution < 1.29 is 0 Å². The zero-order chi connectivity index (χ0) is 10.3. The van der Waals surface area contributed by atoms with E-state index in [9.17, 15) is 0 Å². The molecular formula is C14H19N. The molecule has 2 unspecified atom stereocenters. The standard InChI is InChI=1S/C14H19N/c1-10-7-14(15-9-10)13-6-5-11-3-2-4-12(11)8-13/h5-6,8,10,14-15H,2-4,7,9H2,1H3. The Morgan fingerprint density at radius 1 is 1.20 bits per heavy atom. The summed E-state index contributed by atoms with van der Waals surface area (Å²) in [6, 6.07) is 7.74. The van der Waals surface area contributed by atoms with Gasteiger partial charge in [-0.15, -0.1) is 0 Å². The minimum Gasteiger partial charge on any atom is -0.310 e. The van der Waals surface area contributed by atoms with E-state index in [4.69, 9.17) is 0 Å². The van der Waals surface area contributed by atoms with Crippen molar-refractivity contribution in [2.45, 2.75) is 38.6 Å². The molecule has 0 saturated carbocycles. The van der Waals surface area contributed by atoms with Gasteiger partial charge in [0.2, 0.25) is 0 Å². The predicted molar refractivity (Wildman–Crippen MR) is 63.0 cm³/mol. The molecule has 0 radical (unpaired) electrons. The predicted octanol–water partition coefficient (Wildman–Crippen LogP) is 2.85. The van der Waals surface area contributed by atoms with E-state index in [0.717, 1.165) is 5.92 Å². The van der Waals surface area contributed by atoms with Gasteiger partial charge in [0.05, 0.1) is 0 Å². The zero-order valence-corrected chi connectivity index (χ0v) is 9.42. The van der Waals surface area contributed by atoms with E-state index < -0.39 is 0 Å². The first-order valence-corrected chi connectivity index (χ1v) is 6.18. The van der Waals surface area contributed by atoms with Crippen LogP contribution in [0.5, 0.6) is 0 Å². The molecule has 80 valence electrons. The third-order valence-electron chi connectivity index (χ3n) is 3.88. The smallest absolute Gasteiger partial charge is 0.0323 e. The topological polar surface area (TPSA) is 12.0 Å². The van der Waals surface area contributed by atoms with Crippen molar-refractivity contribution in [2.24, 2.45) is 5.92 Å². The normalized spacial score (nSPS) is 29.4. The van der Waals surface area contributed by atoms with Gasteiger partial charge in [-0.3, -0.25) is 0 Å². The van der Waals surface area contributed by atoms with Gasteiger partial charge in [-0.25, -0.2) is 0 Å². The van der Waals surface area contributed by atoms with Crippen LogP contribution in [0.2, 0.25) is 0 Å². The third-order valence-corrected chi connectivity index (χ3v) is 3.88. The van der Waals surface area contributed by atoms with Gasteiger partial charge in [-0.1, -0.05) is 25.1 Å². The van der Waals surface area contributed by atoms with Crippen molar-refractivity contribution in [2.75, 3.05) is 6.54 Å². The highest BCUT2D eigenvalue weighted by Crippen LogP contribution is 2.30. The summed E-state index contributed by atoms with van der Waals surface area (Å²) >= 11 is 0. The second-order valence-electron chi connectivity index (χ2n) is 5.18. The molecule has 15 heavy (non-hydrogen) atoms. The number of nitrogens with one attached hydrogen (secondary N) is 1. The molecule has 1 saturated heterocycles. The summed E-state index contributed by atoms with van der Waals surface area (Å²) in [6.07, 6.45) is 5.25. The Bertz CT molecular complexity index is 370. The van der Waals surface area contributed by atoms with Gasteiger partial charge in [0.15, 0.2) is 0 Å². The molecule has 1 N–H and O–H groups in total. The summed E-state index contributed by atoms with van der Waals surface area (Å²) in [7, 11) is 0. The van der Waals surface area contributed by atoms with Crippen LogP contribution in [0.15, 0.2) is 18.2 Å². The minimum atomic E-state index is 0.617. The highest BCUT2D eigenvalue weighted by atomic mass is 14.9. The average Bonchev–Trinajstić information content (AvgIpc) is 2.84. The number of fused-ring (bicyclic) bond motifs is 1. The number of aryl methyl sites for hydroxylation is 2. The first-order valence-electron chi connectivity index (χ1n) is 6.18. The van der Waals surface area contributed by atoms with Crippen molar-refractivity contribution in [3.05, 3.63) is 34.9 Å². The van der Waals surface area contributed by atoms with Gasteiger partial charge >= 0.3 is 0 Å². The first kappa shape index (κ1) is 9.41. The van der Waals surface area contributed by atoms with Gasteiger partial charge in [0.1, 0.15) is 0 Å². The molecule has 1 heteroatoms. The molecule has 0 amide bonds. The zero-order valence-electron chi connectivity index (χ0n) is 9.42. The molecule has 0 bridgehead atoms. The lowest BCUT2D eigenvalue weighted by Crippen LogP contribution is -2.13. The van der Waals surface area contributed by atoms with Crippen LogP contribution in [-0.4, -0.2) is 6.54 Å². The lowest BCUT2D eigenvalue weighted by molar-refractivity contribution is 0.611. The highest BCUT2D eigenvalue weighted by Gasteiger charge is 2.23. The van der Waals surface area contributed by atoms with Gasteiger partial charge < -0.3 is 5.32 Å². The largest absolute Gasteiger partial charge is 0.310 e. The molecular weight excluding hydrogens is 182 g/mol. The van der Waals surface area contributed by atoms with Crippen molar-refractivity contribution in [1.82, 2.24) is 5.32 Å². The molecule has 1 aliphatic heterocycles. The maximum Gasteiger partial charge on any atom is 0.0323 e. The van der Waals surface area contributed by atoms with Crippen LogP contribution in [0, 0.1) is 5.92 Å². The van der Waals surface area contributed by atoms with E-state index in [1.165, 1.54) is 37.8 Å². The molecule has 1 aliphatic carbocycles. The number of benzene rings is 1.